The van der Waals surface area contributed by atoms with E-state index in [1.54, 1.807) is 21.6 Å². The van der Waals surface area contributed by atoms with Crippen molar-refractivity contribution in [2.45, 2.75) is 45.9 Å². The number of ether oxygens (including phenoxy) is 1. The van der Waals surface area contributed by atoms with Crippen LogP contribution < -0.4 is 11.5 Å². The van der Waals surface area contributed by atoms with Gasteiger partial charge in [-0.25, -0.2) is 0 Å². The summed E-state index contributed by atoms with van der Waals surface area (Å²) in [6.45, 7) is 7.83. The molecule has 0 aliphatic heterocycles. The van der Waals surface area contributed by atoms with E-state index in [0.717, 1.165) is 5.75 Å². The Morgan fingerprint density at radius 1 is 1.12 bits per heavy atom. The summed E-state index contributed by atoms with van der Waals surface area (Å²) in [5, 5.41) is 0. The van der Waals surface area contributed by atoms with Gasteiger partial charge in [0.05, 0.1) is 6.10 Å². The molecule has 6 heteroatoms. The van der Waals surface area contributed by atoms with Gasteiger partial charge < -0.3 is 16.2 Å². The summed E-state index contributed by atoms with van der Waals surface area (Å²) in [4.78, 5) is 11.4. The molecule has 0 saturated carbocycles. The zero-order chi connectivity index (χ0) is 13.4. The number of hydrogen-bond acceptors (Lipinski definition) is 6. The first-order valence-corrected chi connectivity index (χ1v) is 8.29. The highest BCUT2D eigenvalue weighted by atomic mass is 33.1. The van der Waals surface area contributed by atoms with Crippen molar-refractivity contribution in [2.24, 2.45) is 17.4 Å². The highest BCUT2D eigenvalue weighted by Crippen LogP contribution is 2.23. The molecular formula is C11H24N2O2S2. The van der Waals surface area contributed by atoms with E-state index in [-0.39, 0.29) is 18.1 Å². The van der Waals surface area contributed by atoms with Gasteiger partial charge in [-0.1, -0.05) is 35.4 Å². The molecule has 2 atom stereocenters. The van der Waals surface area contributed by atoms with E-state index in [2.05, 4.69) is 13.8 Å². The van der Waals surface area contributed by atoms with Crippen LogP contribution in [0.5, 0.6) is 0 Å². The van der Waals surface area contributed by atoms with Crippen LogP contribution in [0.3, 0.4) is 0 Å². The van der Waals surface area contributed by atoms with Crippen molar-refractivity contribution < 1.29 is 9.53 Å². The number of carbonyl (C=O) groups excluding carboxylic acids is 1. The van der Waals surface area contributed by atoms with Crippen LogP contribution in [-0.2, 0) is 9.53 Å². The normalized spacial score (nSPS) is 15.1. The van der Waals surface area contributed by atoms with Gasteiger partial charge in [0.25, 0.3) is 0 Å². The van der Waals surface area contributed by atoms with Gasteiger partial charge in [-0.15, -0.1) is 0 Å². The average molecular weight is 280 g/mol. The first-order valence-electron chi connectivity index (χ1n) is 5.80. The highest BCUT2D eigenvalue weighted by Gasteiger charge is 2.16. The Labute approximate surface area is 112 Å². The number of esters is 1. The molecule has 0 saturated heterocycles. The predicted octanol–water partition coefficient (Wildman–Crippen LogP) is 1.63. The molecule has 0 aromatic heterocycles. The van der Waals surface area contributed by atoms with E-state index in [1.165, 1.54) is 0 Å². The van der Waals surface area contributed by atoms with Gasteiger partial charge in [0.1, 0.15) is 6.04 Å². The minimum atomic E-state index is -0.551. The number of nitrogens with two attached hydrogens (primary N) is 2. The Balaban J connectivity index is 3.64. The van der Waals surface area contributed by atoms with Crippen LogP contribution in [0, 0.1) is 5.92 Å². The Hall–Kier alpha value is 0.0900. The summed E-state index contributed by atoms with van der Waals surface area (Å²) in [7, 11) is 3.23. The van der Waals surface area contributed by atoms with E-state index in [4.69, 9.17) is 16.2 Å². The molecule has 0 aliphatic rings. The maximum Gasteiger partial charge on any atom is 0.324 e. The lowest BCUT2D eigenvalue weighted by molar-refractivity contribution is -0.148. The van der Waals surface area contributed by atoms with Crippen molar-refractivity contribution in [3.63, 3.8) is 0 Å². The van der Waals surface area contributed by atoms with Crippen molar-refractivity contribution in [3.05, 3.63) is 0 Å². The maximum atomic E-state index is 11.4. The molecular weight excluding hydrogens is 256 g/mol. The van der Waals surface area contributed by atoms with Crippen molar-refractivity contribution >= 4 is 27.6 Å². The zero-order valence-corrected chi connectivity index (χ0v) is 12.6. The van der Waals surface area contributed by atoms with Crippen molar-refractivity contribution in [2.75, 3.05) is 11.5 Å². The fourth-order valence-electron chi connectivity index (χ4n) is 0.828. The first-order chi connectivity index (χ1) is 7.84. The molecule has 4 N–H and O–H groups in total. The van der Waals surface area contributed by atoms with E-state index < -0.39 is 6.04 Å². The molecule has 102 valence electrons. The SMILES string of the molecule is CC(C)OC(=O)[C@@H](N)CSSC[C@H](N)C(C)C. The molecule has 0 aromatic carbocycles. The molecule has 0 unspecified atom stereocenters. The average Bonchev–Trinajstić information content (AvgIpc) is 2.22. The second-order valence-corrected chi connectivity index (χ2v) is 7.12. The van der Waals surface area contributed by atoms with Gasteiger partial charge >= 0.3 is 5.97 Å². The third-order valence-electron chi connectivity index (χ3n) is 2.10. The monoisotopic (exact) mass is 280 g/mol. The highest BCUT2D eigenvalue weighted by molar-refractivity contribution is 8.76. The van der Waals surface area contributed by atoms with Crippen LogP contribution in [0.4, 0.5) is 0 Å². The Morgan fingerprint density at radius 3 is 2.12 bits per heavy atom. The molecule has 0 aromatic rings. The lowest BCUT2D eigenvalue weighted by Gasteiger charge is -2.16. The lowest BCUT2D eigenvalue weighted by Crippen LogP contribution is -2.36. The van der Waals surface area contributed by atoms with Gasteiger partial charge in [0.15, 0.2) is 0 Å². The summed E-state index contributed by atoms with van der Waals surface area (Å²) in [5.74, 6) is 1.57. The summed E-state index contributed by atoms with van der Waals surface area (Å²) in [6.07, 6.45) is -0.111. The van der Waals surface area contributed by atoms with E-state index in [9.17, 15) is 4.79 Å². The van der Waals surface area contributed by atoms with Crippen molar-refractivity contribution in [1.82, 2.24) is 0 Å². The molecule has 0 radical (unpaired) electrons. The lowest BCUT2D eigenvalue weighted by atomic mass is 10.1. The van der Waals surface area contributed by atoms with Gasteiger partial charge in [-0.2, -0.15) is 0 Å². The van der Waals surface area contributed by atoms with Gasteiger partial charge in [-0.3, -0.25) is 4.79 Å². The fourth-order valence-corrected chi connectivity index (χ4v) is 3.33. The zero-order valence-electron chi connectivity index (χ0n) is 11.0. The van der Waals surface area contributed by atoms with Gasteiger partial charge in [0, 0.05) is 17.5 Å². The first kappa shape index (κ1) is 17.1. The van der Waals surface area contributed by atoms with Crippen LogP contribution in [0.2, 0.25) is 0 Å². The number of rotatable bonds is 8. The van der Waals surface area contributed by atoms with Crippen LogP contribution in [-0.4, -0.2) is 35.7 Å². The van der Waals surface area contributed by atoms with E-state index in [1.807, 2.05) is 13.8 Å². The number of carbonyl (C=O) groups is 1. The van der Waals surface area contributed by atoms with Gasteiger partial charge in [0.2, 0.25) is 0 Å². The topological polar surface area (TPSA) is 78.3 Å². The summed E-state index contributed by atoms with van der Waals surface area (Å²) >= 11 is 0. The second kappa shape index (κ2) is 9.08. The Bertz CT molecular complexity index is 226. The van der Waals surface area contributed by atoms with E-state index in [0.29, 0.717) is 11.7 Å². The second-order valence-electron chi connectivity index (χ2n) is 4.57. The third kappa shape index (κ3) is 8.77. The molecule has 0 aliphatic carbocycles. The largest absolute Gasteiger partial charge is 0.462 e. The minimum Gasteiger partial charge on any atom is -0.462 e. The molecule has 4 nitrogen and oxygen atoms in total. The van der Waals surface area contributed by atoms with Gasteiger partial charge in [-0.05, 0) is 19.8 Å². The molecule has 0 fully saturated rings. The number of hydrogen-bond donors (Lipinski definition) is 2. The van der Waals surface area contributed by atoms with Crippen molar-refractivity contribution in [1.29, 1.82) is 0 Å². The summed E-state index contributed by atoms with van der Waals surface area (Å²) < 4.78 is 5.02. The molecule has 0 rings (SSSR count). The standard InChI is InChI=1S/C11H24N2O2S2/c1-7(2)9(12)5-16-17-6-10(13)11(14)15-8(3)4/h7-10H,5-6,12-13H2,1-4H3/t9-,10-/m0/s1. The summed E-state index contributed by atoms with van der Waals surface area (Å²) in [5.41, 5.74) is 11.6. The molecule has 0 heterocycles. The predicted molar refractivity (Wildman–Crippen MR) is 76.9 cm³/mol. The summed E-state index contributed by atoms with van der Waals surface area (Å²) in [6, 6.07) is -0.364. The van der Waals surface area contributed by atoms with Crippen LogP contribution in [0.15, 0.2) is 0 Å². The Morgan fingerprint density at radius 2 is 1.65 bits per heavy atom. The van der Waals surface area contributed by atoms with Crippen LogP contribution in [0.1, 0.15) is 27.7 Å². The maximum absolute atomic E-state index is 11.4. The quantitative estimate of drug-likeness (QED) is 0.400. The fraction of sp³-hybridized carbons (Fsp3) is 0.909. The van der Waals surface area contributed by atoms with E-state index >= 15 is 0 Å². The van der Waals surface area contributed by atoms with Crippen LogP contribution >= 0.6 is 21.6 Å². The van der Waals surface area contributed by atoms with Crippen LogP contribution in [0.25, 0.3) is 0 Å². The molecule has 0 bridgehead atoms. The van der Waals surface area contributed by atoms with Crippen molar-refractivity contribution in [3.8, 4) is 0 Å². The molecule has 0 amide bonds. The smallest absolute Gasteiger partial charge is 0.324 e. The molecule has 17 heavy (non-hydrogen) atoms. The molecule has 0 spiro atoms. The third-order valence-corrected chi connectivity index (χ3v) is 4.60. The minimum absolute atomic E-state index is 0.111. The Kier molecular flexibility index (Phi) is 9.13.